The van der Waals surface area contributed by atoms with Crippen LogP contribution in [0.25, 0.3) is 0 Å². The van der Waals surface area contributed by atoms with Crippen LogP contribution in [0, 0.1) is 0 Å². The average molecular weight is 825 g/mol. The summed E-state index contributed by atoms with van der Waals surface area (Å²) >= 11 is 0. The predicted molar refractivity (Wildman–Crippen MR) is 251 cm³/mol. The van der Waals surface area contributed by atoms with Crippen LogP contribution in [0.2, 0.25) is 0 Å². The van der Waals surface area contributed by atoms with Gasteiger partial charge in [0.2, 0.25) is 0 Å². The van der Waals surface area contributed by atoms with Crippen molar-refractivity contribution >= 4 is 17.9 Å². The molecule has 0 radical (unpaired) electrons. The molecule has 0 saturated heterocycles. The highest BCUT2D eigenvalue weighted by atomic mass is 16.6. The summed E-state index contributed by atoms with van der Waals surface area (Å²) in [6, 6.07) is 0. The van der Waals surface area contributed by atoms with Crippen LogP contribution in [0.15, 0.2) is 60.8 Å². The van der Waals surface area contributed by atoms with Crippen LogP contribution >= 0.6 is 0 Å². The number of allylic oxidation sites excluding steroid dienone is 10. The van der Waals surface area contributed by atoms with Crippen molar-refractivity contribution in [3.05, 3.63) is 60.8 Å². The van der Waals surface area contributed by atoms with Crippen LogP contribution in [0.4, 0.5) is 0 Å². The van der Waals surface area contributed by atoms with E-state index in [0.717, 1.165) is 96.3 Å². The number of carbonyl (C=O) groups is 3. The second kappa shape index (κ2) is 47.8. The Labute approximate surface area is 364 Å². The molecule has 6 heteroatoms. The zero-order valence-corrected chi connectivity index (χ0v) is 38.8. The van der Waals surface area contributed by atoms with E-state index in [0.29, 0.717) is 19.3 Å². The molecule has 0 aromatic heterocycles. The molecule has 0 aromatic carbocycles. The van der Waals surface area contributed by atoms with E-state index < -0.39 is 6.10 Å². The highest BCUT2D eigenvalue weighted by molar-refractivity contribution is 5.71. The molecule has 0 spiro atoms. The molecule has 0 aliphatic rings. The van der Waals surface area contributed by atoms with Gasteiger partial charge in [-0.25, -0.2) is 0 Å². The molecule has 0 fully saturated rings. The molecule has 0 rings (SSSR count). The summed E-state index contributed by atoms with van der Waals surface area (Å²) in [4.78, 5) is 37.9. The minimum Gasteiger partial charge on any atom is -0.462 e. The molecule has 6 nitrogen and oxygen atoms in total. The SMILES string of the molecule is CC/C=C\C/C=C\C/C=C\C/C=C\CCCCC(=O)OC[C@H](COC(=O)CCCCCCCCCCCCC)OC(=O)CCCCCCC/C=C\CCCCCCCC. The first-order chi connectivity index (χ1) is 29.0. The Balaban J connectivity index is 4.45. The molecule has 1 atom stereocenters. The quantitative estimate of drug-likeness (QED) is 0.0263. The van der Waals surface area contributed by atoms with Gasteiger partial charge < -0.3 is 14.2 Å². The van der Waals surface area contributed by atoms with Crippen LogP contribution in [-0.2, 0) is 28.6 Å². The fourth-order valence-electron chi connectivity index (χ4n) is 6.78. The van der Waals surface area contributed by atoms with E-state index >= 15 is 0 Å². The van der Waals surface area contributed by atoms with Gasteiger partial charge in [0.1, 0.15) is 13.2 Å². The fraction of sp³-hybridized carbons (Fsp3) is 0.755. The van der Waals surface area contributed by atoms with E-state index in [-0.39, 0.29) is 31.1 Å². The summed E-state index contributed by atoms with van der Waals surface area (Å²) in [6.45, 7) is 6.47. The lowest BCUT2D eigenvalue weighted by Crippen LogP contribution is -2.30. The Morgan fingerprint density at radius 3 is 1.08 bits per heavy atom. The van der Waals surface area contributed by atoms with Gasteiger partial charge in [0, 0.05) is 19.3 Å². The molecule has 0 N–H and O–H groups in total. The number of hydrogen-bond donors (Lipinski definition) is 0. The molecular weight excluding hydrogens is 733 g/mol. The van der Waals surface area contributed by atoms with E-state index in [1.54, 1.807) is 0 Å². The number of ether oxygens (including phenoxy) is 3. The highest BCUT2D eigenvalue weighted by Crippen LogP contribution is 2.14. The summed E-state index contributed by atoms with van der Waals surface area (Å²) < 4.78 is 16.7. The summed E-state index contributed by atoms with van der Waals surface area (Å²) in [6.07, 6.45) is 57.7. The summed E-state index contributed by atoms with van der Waals surface area (Å²) in [5, 5.41) is 0. The first kappa shape index (κ1) is 56.1. The minimum atomic E-state index is -0.791. The van der Waals surface area contributed by atoms with Crippen molar-refractivity contribution in [2.24, 2.45) is 0 Å². The molecule has 0 amide bonds. The molecule has 0 aliphatic carbocycles. The lowest BCUT2D eigenvalue weighted by molar-refractivity contribution is -0.167. The fourth-order valence-corrected chi connectivity index (χ4v) is 6.78. The number of carbonyl (C=O) groups excluding carboxylic acids is 3. The molecule has 59 heavy (non-hydrogen) atoms. The first-order valence-corrected chi connectivity index (χ1v) is 24.8. The number of rotatable bonds is 44. The van der Waals surface area contributed by atoms with Crippen molar-refractivity contribution in [3.8, 4) is 0 Å². The zero-order chi connectivity index (χ0) is 43.0. The van der Waals surface area contributed by atoms with Gasteiger partial charge in [0.05, 0.1) is 0 Å². The Bertz CT molecular complexity index is 1090. The Morgan fingerprint density at radius 2 is 0.661 bits per heavy atom. The average Bonchev–Trinajstić information content (AvgIpc) is 3.23. The summed E-state index contributed by atoms with van der Waals surface area (Å²) in [5.41, 5.74) is 0. The second-order valence-corrected chi connectivity index (χ2v) is 16.3. The maximum atomic E-state index is 12.8. The Kier molecular flexibility index (Phi) is 45.4. The van der Waals surface area contributed by atoms with Gasteiger partial charge in [0.25, 0.3) is 0 Å². The maximum absolute atomic E-state index is 12.8. The van der Waals surface area contributed by atoms with E-state index in [1.807, 2.05) is 0 Å². The number of hydrogen-bond acceptors (Lipinski definition) is 6. The highest BCUT2D eigenvalue weighted by Gasteiger charge is 2.19. The van der Waals surface area contributed by atoms with E-state index in [4.69, 9.17) is 14.2 Å². The normalized spacial score (nSPS) is 12.5. The largest absolute Gasteiger partial charge is 0.462 e. The van der Waals surface area contributed by atoms with Crippen molar-refractivity contribution in [1.82, 2.24) is 0 Å². The van der Waals surface area contributed by atoms with Crippen molar-refractivity contribution in [3.63, 3.8) is 0 Å². The Morgan fingerprint density at radius 1 is 0.356 bits per heavy atom. The number of esters is 3. The van der Waals surface area contributed by atoms with Gasteiger partial charge in [-0.1, -0.05) is 197 Å². The van der Waals surface area contributed by atoms with E-state index in [1.165, 1.54) is 103 Å². The third kappa shape index (κ3) is 46.0. The van der Waals surface area contributed by atoms with Crippen molar-refractivity contribution in [2.75, 3.05) is 13.2 Å². The molecular formula is C53H92O6. The lowest BCUT2D eigenvalue weighted by atomic mass is 10.1. The van der Waals surface area contributed by atoms with Gasteiger partial charge in [-0.15, -0.1) is 0 Å². The molecule has 0 bridgehead atoms. The van der Waals surface area contributed by atoms with Crippen LogP contribution in [0.3, 0.4) is 0 Å². The van der Waals surface area contributed by atoms with Crippen molar-refractivity contribution in [2.45, 2.75) is 245 Å². The third-order valence-electron chi connectivity index (χ3n) is 10.5. The van der Waals surface area contributed by atoms with E-state index in [9.17, 15) is 14.4 Å². The number of unbranched alkanes of at least 4 members (excludes halogenated alkanes) is 23. The zero-order valence-electron chi connectivity index (χ0n) is 38.8. The molecule has 0 heterocycles. The topological polar surface area (TPSA) is 78.9 Å². The smallest absolute Gasteiger partial charge is 0.306 e. The lowest BCUT2D eigenvalue weighted by Gasteiger charge is -2.18. The van der Waals surface area contributed by atoms with Crippen molar-refractivity contribution in [1.29, 1.82) is 0 Å². The van der Waals surface area contributed by atoms with Crippen LogP contribution in [-0.4, -0.2) is 37.2 Å². The van der Waals surface area contributed by atoms with Gasteiger partial charge >= 0.3 is 17.9 Å². The molecule has 0 aromatic rings. The minimum absolute atomic E-state index is 0.0892. The van der Waals surface area contributed by atoms with Gasteiger partial charge in [0.15, 0.2) is 6.10 Å². The maximum Gasteiger partial charge on any atom is 0.306 e. The Hall–Kier alpha value is -2.89. The van der Waals surface area contributed by atoms with Crippen LogP contribution in [0.1, 0.15) is 239 Å². The monoisotopic (exact) mass is 825 g/mol. The third-order valence-corrected chi connectivity index (χ3v) is 10.5. The summed E-state index contributed by atoms with van der Waals surface area (Å²) in [5.74, 6) is -0.940. The molecule has 0 aliphatic heterocycles. The van der Waals surface area contributed by atoms with Gasteiger partial charge in [-0.05, 0) is 83.5 Å². The van der Waals surface area contributed by atoms with Crippen LogP contribution < -0.4 is 0 Å². The summed E-state index contributed by atoms with van der Waals surface area (Å²) in [7, 11) is 0. The van der Waals surface area contributed by atoms with Crippen LogP contribution in [0.5, 0.6) is 0 Å². The standard InChI is InChI=1S/C53H92O6/c1-4-7-10-13-16-19-22-24-26-28-31-34-37-40-43-46-52(55)58-49-50(48-57-51(54)45-42-39-36-33-30-21-18-15-12-9-6-3)59-53(56)47-44-41-38-35-32-29-27-25-23-20-17-14-11-8-5-2/h7,10,16,19,24-27,31,34,50H,4-6,8-9,11-15,17-18,20-23,28-30,32-33,35-49H2,1-3H3/b10-7-,19-16-,26-24-,27-25-,34-31-/t50-/m0/s1. The molecule has 0 saturated carbocycles. The van der Waals surface area contributed by atoms with Crippen molar-refractivity contribution < 1.29 is 28.6 Å². The van der Waals surface area contributed by atoms with Gasteiger partial charge in [-0.2, -0.15) is 0 Å². The first-order valence-electron chi connectivity index (χ1n) is 24.8. The second-order valence-electron chi connectivity index (χ2n) is 16.3. The molecule has 340 valence electrons. The van der Waals surface area contributed by atoms with Gasteiger partial charge in [-0.3, -0.25) is 14.4 Å². The molecule has 0 unspecified atom stereocenters. The van der Waals surface area contributed by atoms with E-state index in [2.05, 4.69) is 81.5 Å². The predicted octanol–water partition coefficient (Wildman–Crippen LogP) is 16.1.